The van der Waals surface area contributed by atoms with Crippen LogP contribution in [-0.2, 0) is 0 Å². The van der Waals surface area contributed by atoms with Gasteiger partial charge in [0.2, 0.25) is 0 Å². The van der Waals surface area contributed by atoms with Crippen LogP contribution in [0, 0.1) is 0 Å². The van der Waals surface area contributed by atoms with Gasteiger partial charge in [0.25, 0.3) is 0 Å². The Morgan fingerprint density at radius 2 is 2.23 bits per heavy atom. The van der Waals surface area contributed by atoms with Gasteiger partial charge in [0.05, 0.1) is 5.52 Å². The van der Waals surface area contributed by atoms with Crippen molar-refractivity contribution in [1.82, 2.24) is 9.97 Å². The zero-order valence-corrected chi connectivity index (χ0v) is 7.30. The molecule has 1 heterocycles. The predicted molar refractivity (Wildman–Crippen MR) is 51.8 cm³/mol. The predicted octanol–water partition coefficient (Wildman–Crippen LogP) is 1.16. The molecule has 0 atom stereocenters. The number of hydrogen-bond acceptors (Lipinski definition) is 3. The summed E-state index contributed by atoms with van der Waals surface area (Å²) in [5.74, 6) is 0.196. The molecule has 0 saturated heterocycles. The van der Waals surface area contributed by atoms with Gasteiger partial charge in [0.1, 0.15) is 5.82 Å². The number of nitrogens with zero attached hydrogens (tertiary/aromatic N) is 1. The molecule has 0 spiro atoms. The smallest absolute Gasteiger partial charge is 0.347 e. The number of fused-ring (bicyclic) bond motifs is 1. The number of aromatic nitrogens is 2. The number of aromatic amines is 1. The van der Waals surface area contributed by atoms with Crippen LogP contribution in [0.5, 0.6) is 0 Å². The SMILES string of the molecule is Nc1nc(=O)[nH]c2ccc(Cl)cc12. The Kier molecular flexibility index (Phi) is 1.70. The van der Waals surface area contributed by atoms with Crippen molar-refractivity contribution < 1.29 is 0 Å². The molecule has 0 radical (unpaired) electrons. The third-order valence-corrected chi connectivity index (χ3v) is 1.96. The zero-order valence-electron chi connectivity index (χ0n) is 6.54. The molecule has 0 amide bonds. The van der Waals surface area contributed by atoms with E-state index in [1.54, 1.807) is 18.2 Å². The maximum absolute atomic E-state index is 10.9. The number of rotatable bonds is 0. The summed E-state index contributed by atoms with van der Waals surface area (Å²) in [6, 6.07) is 5.03. The lowest BCUT2D eigenvalue weighted by Gasteiger charge is -1.99. The highest BCUT2D eigenvalue weighted by atomic mass is 35.5. The lowest BCUT2D eigenvalue weighted by Crippen LogP contribution is -2.12. The Hall–Kier alpha value is -1.55. The van der Waals surface area contributed by atoms with Crippen molar-refractivity contribution in [1.29, 1.82) is 0 Å². The van der Waals surface area contributed by atoms with E-state index in [-0.39, 0.29) is 5.82 Å². The fraction of sp³-hybridized carbons (Fsp3) is 0. The Bertz CT molecular complexity index is 520. The van der Waals surface area contributed by atoms with Crippen molar-refractivity contribution in [2.24, 2.45) is 0 Å². The van der Waals surface area contributed by atoms with Crippen LogP contribution in [0.4, 0.5) is 5.82 Å². The highest BCUT2D eigenvalue weighted by molar-refractivity contribution is 6.31. The maximum atomic E-state index is 10.9. The molecule has 2 aromatic rings. The molecular formula is C8H6ClN3O. The molecule has 0 aliphatic rings. The molecule has 0 aliphatic heterocycles. The van der Waals surface area contributed by atoms with E-state index in [9.17, 15) is 4.79 Å². The summed E-state index contributed by atoms with van der Waals surface area (Å²) in [6.07, 6.45) is 0. The molecule has 3 N–H and O–H groups in total. The first-order valence-electron chi connectivity index (χ1n) is 3.62. The molecule has 2 rings (SSSR count). The first-order chi connectivity index (χ1) is 6.16. The van der Waals surface area contributed by atoms with Crippen LogP contribution in [-0.4, -0.2) is 9.97 Å². The molecule has 0 unspecified atom stereocenters. The summed E-state index contributed by atoms with van der Waals surface area (Å²) in [5.41, 5.74) is 5.73. The molecule has 5 heteroatoms. The molecule has 1 aromatic carbocycles. The molecule has 0 aliphatic carbocycles. The van der Waals surface area contributed by atoms with E-state index >= 15 is 0 Å². The fourth-order valence-electron chi connectivity index (χ4n) is 1.15. The molecular weight excluding hydrogens is 190 g/mol. The first kappa shape index (κ1) is 8.07. The second kappa shape index (κ2) is 2.74. The number of H-pyrrole nitrogens is 1. The minimum atomic E-state index is -0.452. The quantitative estimate of drug-likeness (QED) is 0.663. The van der Waals surface area contributed by atoms with E-state index in [0.717, 1.165) is 0 Å². The second-order valence-electron chi connectivity index (χ2n) is 2.62. The first-order valence-corrected chi connectivity index (χ1v) is 3.99. The van der Waals surface area contributed by atoms with E-state index in [2.05, 4.69) is 9.97 Å². The molecule has 13 heavy (non-hydrogen) atoms. The van der Waals surface area contributed by atoms with Crippen molar-refractivity contribution >= 4 is 28.3 Å². The van der Waals surface area contributed by atoms with Gasteiger partial charge in [-0.25, -0.2) is 4.79 Å². The zero-order chi connectivity index (χ0) is 9.42. The van der Waals surface area contributed by atoms with Gasteiger partial charge in [0.15, 0.2) is 0 Å². The van der Waals surface area contributed by atoms with Crippen molar-refractivity contribution in [3.8, 4) is 0 Å². The highest BCUT2D eigenvalue weighted by Crippen LogP contribution is 2.19. The summed E-state index contributed by atoms with van der Waals surface area (Å²) >= 11 is 5.76. The molecule has 0 fully saturated rings. The number of anilines is 1. The van der Waals surface area contributed by atoms with Gasteiger partial charge in [-0.1, -0.05) is 11.6 Å². The largest absolute Gasteiger partial charge is 0.383 e. The van der Waals surface area contributed by atoms with E-state index in [1.807, 2.05) is 0 Å². The topological polar surface area (TPSA) is 71.8 Å². The second-order valence-corrected chi connectivity index (χ2v) is 3.05. The molecule has 4 nitrogen and oxygen atoms in total. The van der Waals surface area contributed by atoms with Crippen molar-refractivity contribution in [2.45, 2.75) is 0 Å². The van der Waals surface area contributed by atoms with Gasteiger partial charge in [-0.05, 0) is 18.2 Å². The summed E-state index contributed by atoms with van der Waals surface area (Å²) in [5, 5.41) is 1.22. The van der Waals surface area contributed by atoms with Crippen LogP contribution >= 0.6 is 11.6 Å². The molecule has 66 valence electrons. The van der Waals surface area contributed by atoms with E-state index < -0.39 is 5.69 Å². The molecule has 0 saturated carbocycles. The van der Waals surface area contributed by atoms with E-state index in [0.29, 0.717) is 15.9 Å². The Morgan fingerprint density at radius 3 is 3.00 bits per heavy atom. The van der Waals surface area contributed by atoms with Gasteiger partial charge >= 0.3 is 5.69 Å². The normalized spacial score (nSPS) is 10.5. The summed E-state index contributed by atoms with van der Waals surface area (Å²) < 4.78 is 0. The Morgan fingerprint density at radius 1 is 1.46 bits per heavy atom. The minimum Gasteiger partial charge on any atom is -0.383 e. The third kappa shape index (κ3) is 1.36. The van der Waals surface area contributed by atoms with Crippen LogP contribution in [0.25, 0.3) is 10.9 Å². The number of nitrogens with one attached hydrogen (secondary N) is 1. The van der Waals surface area contributed by atoms with Crippen molar-refractivity contribution in [3.63, 3.8) is 0 Å². The van der Waals surface area contributed by atoms with Gasteiger partial charge in [-0.3, -0.25) is 0 Å². The summed E-state index contributed by atoms with van der Waals surface area (Å²) in [4.78, 5) is 17.0. The maximum Gasteiger partial charge on any atom is 0.347 e. The average Bonchev–Trinajstić information content (AvgIpc) is 2.06. The van der Waals surface area contributed by atoms with Crippen LogP contribution in [0.3, 0.4) is 0 Å². The number of nitrogen functional groups attached to an aromatic ring is 1. The standard InChI is InChI=1S/C8H6ClN3O/c9-4-1-2-6-5(3-4)7(10)12-8(13)11-6/h1-3H,(H3,10,11,12,13). The van der Waals surface area contributed by atoms with Crippen LogP contribution < -0.4 is 11.4 Å². The third-order valence-electron chi connectivity index (χ3n) is 1.72. The minimum absolute atomic E-state index is 0.196. The van der Waals surface area contributed by atoms with Gasteiger partial charge in [-0.15, -0.1) is 0 Å². The van der Waals surface area contributed by atoms with Crippen LogP contribution in [0.15, 0.2) is 23.0 Å². The number of benzene rings is 1. The number of nitrogens with two attached hydrogens (primary N) is 1. The summed E-state index contributed by atoms with van der Waals surface area (Å²) in [6.45, 7) is 0. The van der Waals surface area contributed by atoms with Crippen molar-refractivity contribution in [2.75, 3.05) is 5.73 Å². The lowest BCUT2D eigenvalue weighted by molar-refractivity contribution is 1.13. The van der Waals surface area contributed by atoms with E-state index in [1.165, 1.54) is 0 Å². The van der Waals surface area contributed by atoms with Gasteiger partial charge in [-0.2, -0.15) is 4.98 Å². The highest BCUT2D eigenvalue weighted by Gasteiger charge is 2.01. The Balaban J connectivity index is 2.95. The van der Waals surface area contributed by atoms with E-state index in [4.69, 9.17) is 17.3 Å². The van der Waals surface area contributed by atoms with Crippen LogP contribution in [0.1, 0.15) is 0 Å². The number of halogens is 1. The summed E-state index contributed by atoms with van der Waals surface area (Å²) in [7, 11) is 0. The fourth-order valence-corrected chi connectivity index (χ4v) is 1.32. The monoisotopic (exact) mass is 195 g/mol. The van der Waals surface area contributed by atoms with Crippen LogP contribution in [0.2, 0.25) is 5.02 Å². The molecule has 0 bridgehead atoms. The number of hydrogen-bond donors (Lipinski definition) is 2. The molecule has 1 aromatic heterocycles. The van der Waals surface area contributed by atoms with Crippen molar-refractivity contribution in [3.05, 3.63) is 33.7 Å². The average molecular weight is 196 g/mol. The lowest BCUT2D eigenvalue weighted by atomic mass is 10.2. The van der Waals surface area contributed by atoms with Gasteiger partial charge in [0, 0.05) is 10.4 Å². The van der Waals surface area contributed by atoms with Gasteiger partial charge < -0.3 is 10.7 Å². The Labute approximate surface area is 78.4 Å².